The van der Waals surface area contributed by atoms with Crippen molar-refractivity contribution in [2.45, 2.75) is 4.90 Å². The van der Waals surface area contributed by atoms with Crippen molar-refractivity contribution in [1.29, 1.82) is 0 Å². The Morgan fingerprint density at radius 1 is 0.733 bits per heavy atom. The van der Waals surface area contributed by atoms with E-state index in [0.717, 1.165) is 10.6 Å². The van der Waals surface area contributed by atoms with Crippen molar-refractivity contribution < 1.29 is 14.4 Å². The number of thioether (sulfide) groups is 1. The Balaban J connectivity index is 1.27. The van der Waals surface area contributed by atoms with Crippen LogP contribution in [0.25, 0.3) is 0 Å². The highest BCUT2D eigenvalue weighted by atomic mass is 32.2. The van der Waals surface area contributed by atoms with Crippen LogP contribution in [0.1, 0.15) is 20.7 Å². The molecule has 0 aliphatic carbocycles. The Kier molecular flexibility index (Phi) is 5.81. The molecule has 4 rings (SSSR count). The summed E-state index contributed by atoms with van der Waals surface area (Å²) >= 11 is 1.55. The number of urea groups is 1. The Labute approximate surface area is 178 Å². The Bertz CT molecular complexity index is 1050. The molecule has 0 spiro atoms. The highest BCUT2D eigenvalue weighted by Crippen LogP contribution is 2.25. The zero-order valence-electron chi connectivity index (χ0n) is 16.0. The van der Waals surface area contributed by atoms with Gasteiger partial charge in [-0.2, -0.15) is 0 Å². The van der Waals surface area contributed by atoms with Crippen molar-refractivity contribution in [2.24, 2.45) is 0 Å². The van der Waals surface area contributed by atoms with Gasteiger partial charge in [-0.25, -0.2) is 4.79 Å². The summed E-state index contributed by atoms with van der Waals surface area (Å²) < 4.78 is 0. The molecule has 0 aromatic heterocycles. The first-order valence-corrected chi connectivity index (χ1v) is 10.4. The van der Waals surface area contributed by atoms with E-state index in [2.05, 4.69) is 10.6 Å². The summed E-state index contributed by atoms with van der Waals surface area (Å²) in [4.78, 5) is 39.1. The van der Waals surface area contributed by atoms with E-state index in [1.807, 2.05) is 54.6 Å². The van der Waals surface area contributed by atoms with Crippen LogP contribution in [0.2, 0.25) is 0 Å². The van der Waals surface area contributed by atoms with Gasteiger partial charge in [0, 0.05) is 28.6 Å². The van der Waals surface area contributed by atoms with Gasteiger partial charge in [-0.1, -0.05) is 30.3 Å². The smallest absolute Gasteiger partial charge is 0.308 e. The largest absolute Gasteiger partial charge is 0.323 e. The summed E-state index contributed by atoms with van der Waals surface area (Å²) in [5, 5.41) is 5.55. The number of benzene rings is 3. The minimum absolute atomic E-state index is 0.236. The Hall–Kier alpha value is -3.58. The van der Waals surface area contributed by atoms with Gasteiger partial charge in [-0.15, -0.1) is 11.8 Å². The van der Waals surface area contributed by atoms with E-state index in [1.165, 1.54) is 4.90 Å². The minimum atomic E-state index is -0.313. The van der Waals surface area contributed by atoms with Crippen LogP contribution in [0.4, 0.5) is 16.2 Å². The summed E-state index contributed by atoms with van der Waals surface area (Å²) in [5.74, 6) is 0.118. The standard InChI is InChI=1S/C23H19N3O3S/c27-21-19-8-4-5-9-20(19)22(28)26(21)14-15-30-18-12-10-17(11-13-18)25-23(29)24-16-6-2-1-3-7-16/h1-13H,14-15H2,(H2,24,25,29). The van der Waals surface area contributed by atoms with Crippen LogP contribution in [0, 0.1) is 0 Å². The van der Waals surface area contributed by atoms with E-state index in [4.69, 9.17) is 0 Å². The number of amides is 4. The molecule has 0 saturated heterocycles. The van der Waals surface area contributed by atoms with Gasteiger partial charge in [0.1, 0.15) is 0 Å². The summed E-state index contributed by atoms with van der Waals surface area (Å²) in [6.07, 6.45) is 0. The lowest BCUT2D eigenvalue weighted by atomic mass is 10.1. The van der Waals surface area contributed by atoms with Crippen molar-refractivity contribution in [3.05, 3.63) is 90.0 Å². The number of carbonyl (C=O) groups excluding carboxylic acids is 3. The number of rotatable bonds is 6. The number of nitrogens with one attached hydrogen (secondary N) is 2. The Morgan fingerprint density at radius 3 is 1.87 bits per heavy atom. The van der Waals surface area contributed by atoms with E-state index in [9.17, 15) is 14.4 Å². The lowest BCUT2D eigenvalue weighted by molar-refractivity contribution is 0.0664. The first-order valence-electron chi connectivity index (χ1n) is 9.43. The third-order valence-corrected chi connectivity index (χ3v) is 5.60. The van der Waals surface area contributed by atoms with Crippen molar-refractivity contribution in [2.75, 3.05) is 22.9 Å². The maximum absolute atomic E-state index is 12.4. The van der Waals surface area contributed by atoms with Crippen LogP contribution in [0.15, 0.2) is 83.8 Å². The summed E-state index contributed by atoms with van der Waals surface area (Å²) in [7, 11) is 0. The van der Waals surface area contributed by atoms with E-state index in [-0.39, 0.29) is 17.8 Å². The molecule has 0 atom stereocenters. The lowest BCUT2D eigenvalue weighted by Gasteiger charge is -2.13. The van der Waals surface area contributed by atoms with Crippen LogP contribution < -0.4 is 10.6 Å². The highest BCUT2D eigenvalue weighted by molar-refractivity contribution is 7.99. The van der Waals surface area contributed by atoms with Gasteiger partial charge in [-0.05, 0) is 48.5 Å². The number of imide groups is 1. The first kappa shape index (κ1) is 19.7. The van der Waals surface area contributed by atoms with Crippen molar-refractivity contribution in [3.8, 4) is 0 Å². The second kappa shape index (κ2) is 8.84. The number of carbonyl (C=O) groups is 3. The monoisotopic (exact) mass is 417 g/mol. The molecule has 7 heteroatoms. The van der Waals surface area contributed by atoms with Crippen molar-refractivity contribution in [1.82, 2.24) is 4.90 Å². The second-order valence-corrected chi connectivity index (χ2v) is 7.79. The third kappa shape index (κ3) is 4.36. The van der Waals surface area contributed by atoms with Crippen molar-refractivity contribution >= 4 is 41.0 Å². The van der Waals surface area contributed by atoms with Gasteiger partial charge in [0.25, 0.3) is 11.8 Å². The molecule has 4 amide bonds. The molecule has 1 aliphatic heterocycles. The van der Waals surface area contributed by atoms with E-state index in [0.29, 0.717) is 29.1 Å². The summed E-state index contributed by atoms with van der Waals surface area (Å²) in [5.41, 5.74) is 2.33. The van der Waals surface area contributed by atoms with E-state index < -0.39 is 0 Å². The molecule has 3 aromatic rings. The molecule has 150 valence electrons. The van der Waals surface area contributed by atoms with Crippen LogP contribution >= 0.6 is 11.8 Å². The minimum Gasteiger partial charge on any atom is -0.308 e. The molecule has 0 saturated carbocycles. The van der Waals surface area contributed by atoms with E-state index in [1.54, 1.807) is 36.0 Å². The average molecular weight is 417 g/mol. The fourth-order valence-electron chi connectivity index (χ4n) is 3.15. The molecule has 1 heterocycles. The zero-order valence-corrected chi connectivity index (χ0v) is 16.8. The molecular formula is C23H19N3O3S. The van der Waals surface area contributed by atoms with Gasteiger partial charge in [-0.3, -0.25) is 14.5 Å². The predicted molar refractivity (Wildman–Crippen MR) is 118 cm³/mol. The zero-order chi connectivity index (χ0) is 20.9. The molecule has 0 radical (unpaired) electrons. The van der Waals surface area contributed by atoms with Gasteiger partial charge in [0.15, 0.2) is 0 Å². The molecule has 0 unspecified atom stereocenters. The average Bonchev–Trinajstić information content (AvgIpc) is 3.01. The van der Waals surface area contributed by atoms with Crippen LogP contribution in [0.3, 0.4) is 0 Å². The number of hydrogen-bond acceptors (Lipinski definition) is 4. The molecule has 0 fully saturated rings. The number of nitrogens with zero attached hydrogens (tertiary/aromatic N) is 1. The van der Waals surface area contributed by atoms with Gasteiger partial charge >= 0.3 is 6.03 Å². The third-order valence-electron chi connectivity index (χ3n) is 4.61. The molecule has 0 bridgehead atoms. The predicted octanol–water partition coefficient (Wildman–Crippen LogP) is 4.72. The molecule has 30 heavy (non-hydrogen) atoms. The SMILES string of the molecule is O=C(Nc1ccccc1)Nc1ccc(SCCN2C(=O)c3ccccc3C2=O)cc1. The normalized spacial score (nSPS) is 12.6. The van der Waals surface area contributed by atoms with Gasteiger partial charge in [0.05, 0.1) is 11.1 Å². The first-order chi connectivity index (χ1) is 14.6. The van der Waals surface area contributed by atoms with Gasteiger partial charge < -0.3 is 10.6 Å². The summed E-state index contributed by atoms with van der Waals surface area (Å²) in [6, 6.07) is 23.2. The highest BCUT2D eigenvalue weighted by Gasteiger charge is 2.34. The number of para-hydroxylation sites is 1. The van der Waals surface area contributed by atoms with E-state index >= 15 is 0 Å². The maximum atomic E-state index is 12.4. The maximum Gasteiger partial charge on any atom is 0.323 e. The van der Waals surface area contributed by atoms with Crippen LogP contribution in [-0.4, -0.2) is 35.0 Å². The number of hydrogen-bond donors (Lipinski definition) is 2. The molecule has 2 N–H and O–H groups in total. The quantitative estimate of drug-likeness (QED) is 0.449. The fraction of sp³-hybridized carbons (Fsp3) is 0.0870. The topological polar surface area (TPSA) is 78.5 Å². The summed E-state index contributed by atoms with van der Waals surface area (Å²) in [6.45, 7) is 0.344. The van der Waals surface area contributed by atoms with Crippen LogP contribution in [0.5, 0.6) is 0 Å². The molecule has 3 aromatic carbocycles. The number of fused-ring (bicyclic) bond motifs is 1. The number of anilines is 2. The molecule has 1 aliphatic rings. The second-order valence-electron chi connectivity index (χ2n) is 6.63. The van der Waals surface area contributed by atoms with Crippen LogP contribution in [-0.2, 0) is 0 Å². The lowest BCUT2D eigenvalue weighted by Crippen LogP contribution is -2.31. The van der Waals surface area contributed by atoms with Gasteiger partial charge in [0.2, 0.25) is 0 Å². The molecular weight excluding hydrogens is 398 g/mol. The van der Waals surface area contributed by atoms with Crippen molar-refractivity contribution in [3.63, 3.8) is 0 Å². The fourth-order valence-corrected chi connectivity index (χ4v) is 3.98. The Morgan fingerprint density at radius 2 is 1.27 bits per heavy atom. The molecule has 6 nitrogen and oxygen atoms in total.